The minimum atomic E-state index is -0.910. The lowest BCUT2D eigenvalue weighted by Gasteiger charge is -2.26. The van der Waals surface area contributed by atoms with Crippen LogP contribution in [0.4, 0.5) is 5.69 Å². The molecule has 3 aromatic carbocycles. The zero-order valence-electron chi connectivity index (χ0n) is 21.2. The fraction of sp³-hybridized carbons (Fsp3) is 0.241. The zero-order valence-corrected chi connectivity index (χ0v) is 22.0. The Balaban J connectivity index is 1.93. The van der Waals surface area contributed by atoms with Gasteiger partial charge in [0.15, 0.2) is 0 Å². The van der Waals surface area contributed by atoms with Crippen LogP contribution in [0.25, 0.3) is 5.76 Å². The van der Waals surface area contributed by atoms with Gasteiger partial charge in [0.05, 0.1) is 42.5 Å². The number of benzene rings is 3. The molecule has 0 spiro atoms. The van der Waals surface area contributed by atoms with Crippen molar-refractivity contribution in [3.63, 3.8) is 0 Å². The molecule has 1 aliphatic heterocycles. The van der Waals surface area contributed by atoms with E-state index in [2.05, 4.69) is 0 Å². The SMILES string of the molecule is COc1ccc(C2/C(=C(\O)c3cc(C)cc(Cl)c3OC)C(=O)C(=O)N2c2ccc(OC(C)C)cc2)cc1. The number of amides is 1. The second-order valence-corrected chi connectivity index (χ2v) is 9.34. The molecule has 1 saturated heterocycles. The van der Waals surface area contributed by atoms with Crippen molar-refractivity contribution >= 4 is 34.7 Å². The van der Waals surface area contributed by atoms with Crippen molar-refractivity contribution in [3.8, 4) is 17.2 Å². The number of Topliss-reactive ketones (excluding diaryl/α,β-unsaturated/α-hetero) is 1. The highest BCUT2D eigenvalue weighted by Gasteiger charge is 2.47. The Labute approximate surface area is 220 Å². The molecule has 0 saturated carbocycles. The number of carbonyl (C=O) groups is 2. The maximum atomic E-state index is 13.5. The number of anilines is 1. The average Bonchev–Trinajstić information content (AvgIpc) is 3.13. The normalized spacial score (nSPS) is 16.8. The highest BCUT2D eigenvalue weighted by Crippen LogP contribution is 2.45. The topological polar surface area (TPSA) is 85.3 Å². The van der Waals surface area contributed by atoms with Crippen molar-refractivity contribution < 1.29 is 28.9 Å². The standard InChI is InChI=1S/C29H28ClNO6/c1-16(2)37-21-12-8-19(9-13-21)31-25(18-6-10-20(35-4)11-7-18)24(27(33)29(31)34)26(32)22-14-17(3)15-23(30)28(22)36-5/h6-16,25,32H,1-5H3/b26-24+. The van der Waals surface area contributed by atoms with E-state index in [1.165, 1.54) is 12.0 Å². The third kappa shape index (κ3) is 5.00. The quantitative estimate of drug-likeness (QED) is 0.230. The Bertz CT molecular complexity index is 1360. The number of hydrogen-bond donors (Lipinski definition) is 1. The second kappa shape index (κ2) is 10.6. The van der Waals surface area contributed by atoms with Gasteiger partial charge in [-0.15, -0.1) is 0 Å². The molecule has 7 nitrogen and oxygen atoms in total. The van der Waals surface area contributed by atoms with Crippen LogP contribution in [0.5, 0.6) is 17.2 Å². The number of methoxy groups -OCH3 is 2. The van der Waals surface area contributed by atoms with Gasteiger partial charge in [-0.2, -0.15) is 0 Å². The lowest BCUT2D eigenvalue weighted by atomic mass is 9.94. The summed E-state index contributed by atoms with van der Waals surface area (Å²) in [4.78, 5) is 28.3. The van der Waals surface area contributed by atoms with Crippen molar-refractivity contribution in [2.75, 3.05) is 19.1 Å². The van der Waals surface area contributed by atoms with Crippen molar-refractivity contribution in [1.82, 2.24) is 0 Å². The monoisotopic (exact) mass is 521 g/mol. The maximum absolute atomic E-state index is 13.5. The van der Waals surface area contributed by atoms with Crippen LogP contribution in [0.15, 0.2) is 66.2 Å². The van der Waals surface area contributed by atoms with E-state index in [0.29, 0.717) is 22.7 Å². The summed E-state index contributed by atoms with van der Waals surface area (Å²) in [6, 6.07) is 16.3. The molecule has 1 fully saturated rings. The number of hydrogen-bond acceptors (Lipinski definition) is 6. The Kier molecular flexibility index (Phi) is 7.45. The molecule has 4 rings (SSSR count). The molecule has 37 heavy (non-hydrogen) atoms. The average molecular weight is 522 g/mol. The molecule has 0 bridgehead atoms. The summed E-state index contributed by atoms with van der Waals surface area (Å²) >= 11 is 6.37. The largest absolute Gasteiger partial charge is 0.507 e. The number of aliphatic hydroxyl groups excluding tert-OH is 1. The number of nitrogens with zero attached hydrogens (tertiary/aromatic N) is 1. The van der Waals surface area contributed by atoms with E-state index < -0.39 is 17.7 Å². The molecule has 192 valence electrons. The number of aliphatic hydroxyl groups is 1. The molecular weight excluding hydrogens is 494 g/mol. The van der Waals surface area contributed by atoms with E-state index in [1.807, 2.05) is 20.8 Å². The van der Waals surface area contributed by atoms with E-state index in [9.17, 15) is 14.7 Å². The van der Waals surface area contributed by atoms with Crippen molar-refractivity contribution in [2.24, 2.45) is 0 Å². The summed E-state index contributed by atoms with van der Waals surface area (Å²) in [5.74, 6) is -0.500. The van der Waals surface area contributed by atoms with Gasteiger partial charge in [0.1, 0.15) is 23.0 Å². The first-order chi connectivity index (χ1) is 17.7. The minimum absolute atomic E-state index is 0.0180. The van der Waals surface area contributed by atoms with Gasteiger partial charge in [0.25, 0.3) is 11.7 Å². The van der Waals surface area contributed by atoms with E-state index in [-0.39, 0.29) is 33.8 Å². The molecule has 3 aromatic rings. The van der Waals surface area contributed by atoms with Crippen molar-refractivity contribution in [1.29, 1.82) is 0 Å². The smallest absolute Gasteiger partial charge is 0.300 e. The summed E-state index contributed by atoms with van der Waals surface area (Å²) in [7, 11) is 2.98. The molecule has 1 atom stereocenters. The van der Waals surface area contributed by atoms with Crippen molar-refractivity contribution in [2.45, 2.75) is 32.9 Å². The predicted octanol–water partition coefficient (Wildman–Crippen LogP) is 6.08. The van der Waals surface area contributed by atoms with Gasteiger partial charge < -0.3 is 19.3 Å². The van der Waals surface area contributed by atoms with E-state index in [0.717, 1.165) is 5.56 Å². The van der Waals surface area contributed by atoms with Gasteiger partial charge in [-0.25, -0.2) is 0 Å². The number of carbonyl (C=O) groups excluding carboxylic acids is 2. The molecule has 0 aromatic heterocycles. The summed E-state index contributed by atoms with van der Waals surface area (Å²) in [5, 5.41) is 11.8. The molecule has 1 unspecified atom stereocenters. The lowest BCUT2D eigenvalue weighted by Crippen LogP contribution is -2.29. The first-order valence-electron chi connectivity index (χ1n) is 11.7. The molecule has 1 heterocycles. The predicted molar refractivity (Wildman–Crippen MR) is 143 cm³/mol. The Hall–Kier alpha value is -3.97. The van der Waals surface area contributed by atoms with Crippen LogP contribution in [0.3, 0.4) is 0 Å². The first kappa shape index (κ1) is 26.1. The summed E-state index contributed by atoms with van der Waals surface area (Å²) in [6.45, 7) is 5.65. The molecule has 1 aliphatic rings. The molecule has 1 amide bonds. The number of aryl methyl sites for hydroxylation is 1. The molecule has 1 N–H and O–H groups in total. The van der Waals surface area contributed by atoms with Gasteiger partial charge in [0.2, 0.25) is 0 Å². The molecule has 0 radical (unpaired) electrons. The van der Waals surface area contributed by atoms with Crippen LogP contribution in [0.2, 0.25) is 5.02 Å². The fourth-order valence-corrected chi connectivity index (χ4v) is 4.77. The van der Waals surface area contributed by atoms with Gasteiger partial charge in [0, 0.05) is 5.69 Å². The summed E-state index contributed by atoms with van der Waals surface area (Å²) in [5.41, 5.74) is 2.00. The Morgan fingerprint density at radius 2 is 1.57 bits per heavy atom. The highest BCUT2D eigenvalue weighted by atomic mass is 35.5. The third-order valence-corrected chi connectivity index (χ3v) is 6.29. The van der Waals surface area contributed by atoms with Crippen LogP contribution in [-0.4, -0.2) is 37.1 Å². The van der Waals surface area contributed by atoms with Gasteiger partial charge >= 0.3 is 0 Å². The zero-order chi connectivity index (χ0) is 26.9. The Morgan fingerprint density at radius 3 is 2.14 bits per heavy atom. The maximum Gasteiger partial charge on any atom is 0.300 e. The van der Waals surface area contributed by atoms with E-state index >= 15 is 0 Å². The van der Waals surface area contributed by atoms with Gasteiger partial charge in [-0.1, -0.05) is 23.7 Å². The van der Waals surface area contributed by atoms with Crippen LogP contribution < -0.4 is 19.1 Å². The van der Waals surface area contributed by atoms with Gasteiger partial charge in [-0.3, -0.25) is 14.5 Å². The minimum Gasteiger partial charge on any atom is -0.507 e. The summed E-state index contributed by atoms with van der Waals surface area (Å²) < 4.78 is 16.4. The number of halogens is 1. The number of rotatable bonds is 7. The molecule has 8 heteroatoms. The van der Waals surface area contributed by atoms with Gasteiger partial charge in [-0.05, 0) is 80.4 Å². The first-order valence-corrected chi connectivity index (χ1v) is 12.1. The van der Waals surface area contributed by atoms with Crippen LogP contribution in [0, 0.1) is 6.92 Å². The molecular formula is C29H28ClNO6. The van der Waals surface area contributed by atoms with Crippen LogP contribution in [0.1, 0.15) is 36.6 Å². The van der Waals surface area contributed by atoms with Crippen LogP contribution >= 0.6 is 11.6 Å². The van der Waals surface area contributed by atoms with E-state index in [1.54, 1.807) is 67.8 Å². The molecule has 0 aliphatic carbocycles. The highest BCUT2D eigenvalue weighted by molar-refractivity contribution is 6.51. The fourth-order valence-electron chi connectivity index (χ4n) is 4.42. The van der Waals surface area contributed by atoms with E-state index in [4.69, 9.17) is 25.8 Å². The second-order valence-electron chi connectivity index (χ2n) is 8.93. The third-order valence-electron chi connectivity index (χ3n) is 6.01. The number of ketones is 1. The summed E-state index contributed by atoms with van der Waals surface area (Å²) in [6.07, 6.45) is -0.0180. The lowest BCUT2D eigenvalue weighted by molar-refractivity contribution is -0.132. The van der Waals surface area contributed by atoms with Crippen molar-refractivity contribution in [3.05, 3.63) is 87.9 Å². The number of ether oxygens (including phenoxy) is 3. The Morgan fingerprint density at radius 1 is 0.946 bits per heavy atom. The van der Waals surface area contributed by atoms with Crippen LogP contribution in [-0.2, 0) is 9.59 Å².